The Bertz CT molecular complexity index is 3790. The van der Waals surface area contributed by atoms with Gasteiger partial charge in [-0.05, 0) is 137 Å². The SMILES string of the molecule is c1ccc2c(c1)-c1ccccc1C21c2ccccc2-c2ccc(N(c3ccc4ccccc4c3)c3ccc4c5ccccc5c5c(ccc6oc7ccccc7c65)c4c3)cc21. The van der Waals surface area contributed by atoms with E-state index < -0.39 is 5.41 Å². The van der Waals surface area contributed by atoms with E-state index in [9.17, 15) is 0 Å². The molecular formula is C59H35NO. The van der Waals surface area contributed by atoms with E-state index in [0.29, 0.717) is 0 Å². The van der Waals surface area contributed by atoms with Gasteiger partial charge in [0.25, 0.3) is 0 Å². The van der Waals surface area contributed by atoms with Crippen molar-refractivity contribution < 1.29 is 4.42 Å². The highest BCUT2D eigenvalue weighted by Crippen LogP contribution is 2.63. The van der Waals surface area contributed by atoms with Gasteiger partial charge in [0.1, 0.15) is 11.2 Å². The molecule has 0 fully saturated rings. The van der Waals surface area contributed by atoms with Crippen molar-refractivity contribution in [3.8, 4) is 22.3 Å². The predicted molar refractivity (Wildman–Crippen MR) is 255 cm³/mol. The molecule has 0 N–H and O–H groups in total. The molecule has 0 saturated heterocycles. The van der Waals surface area contributed by atoms with Gasteiger partial charge in [-0.25, -0.2) is 0 Å². The summed E-state index contributed by atoms with van der Waals surface area (Å²) in [6.07, 6.45) is 0. The molecule has 1 heterocycles. The van der Waals surface area contributed by atoms with E-state index in [1.54, 1.807) is 0 Å². The van der Waals surface area contributed by atoms with E-state index in [2.05, 4.69) is 217 Å². The Morgan fingerprint density at radius 2 is 0.803 bits per heavy atom. The Kier molecular flexibility index (Phi) is 6.52. The van der Waals surface area contributed by atoms with Crippen LogP contribution >= 0.6 is 0 Å². The minimum atomic E-state index is -0.443. The number of rotatable bonds is 3. The molecule has 1 spiro atoms. The van der Waals surface area contributed by atoms with E-state index in [-0.39, 0.29) is 0 Å². The summed E-state index contributed by atoms with van der Waals surface area (Å²) in [6, 6.07) is 78.7. The molecule has 0 unspecified atom stereocenters. The molecular weight excluding hydrogens is 739 g/mol. The lowest BCUT2D eigenvalue weighted by Gasteiger charge is -2.32. The van der Waals surface area contributed by atoms with Crippen molar-refractivity contribution in [2.75, 3.05) is 4.90 Å². The lowest BCUT2D eigenvalue weighted by atomic mass is 9.70. The zero-order valence-corrected chi connectivity index (χ0v) is 33.1. The van der Waals surface area contributed by atoms with Gasteiger partial charge in [0.15, 0.2) is 0 Å². The molecule has 2 aliphatic rings. The topological polar surface area (TPSA) is 16.4 Å². The average Bonchev–Trinajstić information content (AvgIpc) is 3.96. The molecule has 14 rings (SSSR count). The molecule has 1 aromatic heterocycles. The summed E-state index contributed by atoms with van der Waals surface area (Å²) in [7, 11) is 0. The van der Waals surface area contributed by atoms with E-state index >= 15 is 0 Å². The third-order valence-electron chi connectivity index (χ3n) is 13.8. The Morgan fingerprint density at radius 1 is 0.295 bits per heavy atom. The molecule has 11 aromatic carbocycles. The van der Waals surface area contributed by atoms with Crippen molar-refractivity contribution in [2.24, 2.45) is 0 Å². The summed E-state index contributed by atoms with van der Waals surface area (Å²) in [4.78, 5) is 2.47. The van der Waals surface area contributed by atoms with Crippen molar-refractivity contribution in [3.05, 3.63) is 235 Å². The fourth-order valence-corrected chi connectivity index (χ4v) is 11.4. The lowest BCUT2D eigenvalue weighted by Crippen LogP contribution is -2.26. The maximum absolute atomic E-state index is 6.47. The molecule has 0 atom stereocenters. The molecule has 12 aromatic rings. The van der Waals surface area contributed by atoms with Crippen LogP contribution in [-0.2, 0) is 5.41 Å². The first-order valence-corrected chi connectivity index (χ1v) is 21.2. The summed E-state index contributed by atoms with van der Waals surface area (Å²) in [5, 5.41) is 12.1. The number of fused-ring (bicyclic) bond motifs is 21. The monoisotopic (exact) mass is 773 g/mol. The van der Waals surface area contributed by atoms with Gasteiger partial charge in [-0.15, -0.1) is 0 Å². The van der Waals surface area contributed by atoms with Crippen LogP contribution in [0.5, 0.6) is 0 Å². The van der Waals surface area contributed by atoms with Gasteiger partial charge in [-0.2, -0.15) is 0 Å². The van der Waals surface area contributed by atoms with Gasteiger partial charge in [0.05, 0.1) is 5.41 Å². The highest BCUT2D eigenvalue weighted by molar-refractivity contribution is 6.34. The average molecular weight is 774 g/mol. The number of furan rings is 1. The van der Waals surface area contributed by atoms with Crippen molar-refractivity contribution in [1.29, 1.82) is 0 Å². The number of hydrogen-bond donors (Lipinski definition) is 0. The minimum Gasteiger partial charge on any atom is -0.456 e. The highest BCUT2D eigenvalue weighted by Gasteiger charge is 2.51. The Balaban J connectivity index is 1.07. The van der Waals surface area contributed by atoms with E-state index in [1.165, 1.54) is 93.0 Å². The molecule has 2 heteroatoms. The minimum absolute atomic E-state index is 0.443. The maximum atomic E-state index is 6.47. The molecule has 0 amide bonds. The van der Waals surface area contributed by atoms with Crippen LogP contribution in [0.2, 0.25) is 0 Å². The second-order valence-electron chi connectivity index (χ2n) is 16.7. The summed E-state index contributed by atoms with van der Waals surface area (Å²) in [6.45, 7) is 0. The van der Waals surface area contributed by atoms with Crippen molar-refractivity contribution in [3.63, 3.8) is 0 Å². The second-order valence-corrected chi connectivity index (χ2v) is 16.7. The Hall–Kier alpha value is -7.94. The van der Waals surface area contributed by atoms with Crippen molar-refractivity contribution >= 4 is 82.1 Å². The van der Waals surface area contributed by atoms with E-state index in [0.717, 1.165) is 33.6 Å². The number of anilines is 3. The normalized spacial score (nSPS) is 13.4. The van der Waals surface area contributed by atoms with Gasteiger partial charge in [-0.3, -0.25) is 0 Å². The quantitative estimate of drug-likeness (QED) is 0.166. The van der Waals surface area contributed by atoms with Crippen LogP contribution in [0.4, 0.5) is 17.1 Å². The molecule has 0 saturated carbocycles. The van der Waals surface area contributed by atoms with Crippen LogP contribution in [0, 0.1) is 0 Å². The zero-order chi connectivity index (χ0) is 39.8. The molecule has 0 bridgehead atoms. The smallest absolute Gasteiger partial charge is 0.136 e. The lowest BCUT2D eigenvalue weighted by molar-refractivity contribution is 0.669. The molecule has 0 radical (unpaired) electrons. The van der Waals surface area contributed by atoms with Crippen LogP contribution in [0.15, 0.2) is 217 Å². The highest BCUT2D eigenvalue weighted by atomic mass is 16.3. The molecule has 2 nitrogen and oxygen atoms in total. The second kappa shape index (κ2) is 12.1. The summed E-state index contributed by atoms with van der Waals surface area (Å²) in [5.41, 5.74) is 15.3. The predicted octanol–water partition coefficient (Wildman–Crippen LogP) is 16.0. The maximum Gasteiger partial charge on any atom is 0.136 e. The molecule has 61 heavy (non-hydrogen) atoms. The van der Waals surface area contributed by atoms with Crippen LogP contribution in [0.1, 0.15) is 22.3 Å². The molecule has 282 valence electrons. The number of hydrogen-bond acceptors (Lipinski definition) is 2. The van der Waals surface area contributed by atoms with Crippen molar-refractivity contribution in [1.82, 2.24) is 0 Å². The third kappa shape index (κ3) is 4.31. The number of benzene rings is 11. The van der Waals surface area contributed by atoms with Crippen LogP contribution < -0.4 is 4.90 Å². The summed E-state index contributed by atoms with van der Waals surface area (Å²) < 4.78 is 6.47. The first kappa shape index (κ1) is 33.0. The van der Waals surface area contributed by atoms with Crippen LogP contribution in [-0.4, -0.2) is 0 Å². The van der Waals surface area contributed by atoms with Gasteiger partial charge >= 0.3 is 0 Å². The Labute approximate surface area is 352 Å². The van der Waals surface area contributed by atoms with Crippen LogP contribution in [0.3, 0.4) is 0 Å². The third-order valence-corrected chi connectivity index (χ3v) is 13.8. The Morgan fingerprint density at radius 3 is 1.56 bits per heavy atom. The number of nitrogens with zero attached hydrogens (tertiary/aromatic N) is 1. The van der Waals surface area contributed by atoms with Gasteiger partial charge in [0.2, 0.25) is 0 Å². The zero-order valence-electron chi connectivity index (χ0n) is 33.1. The first-order valence-electron chi connectivity index (χ1n) is 21.2. The van der Waals surface area contributed by atoms with Gasteiger partial charge in [0, 0.05) is 33.2 Å². The largest absolute Gasteiger partial charge is 0.456 e. The summed E-state index contributed by atoms with van der Waals surface area (Å²) >= 11 is 0. The first-order chi connectivity index (χ1) is 30.3. The van der Waals surface area contributed by atoms with Crippen molar-refractivity contribution in [2.45, 2.75) is 5.41 Å². The van der Waals surface area contributed by atoms with Crippen LogP contribution in [0.25, 0.3) is 87.3 Å². The molecule has 0 aliphatic heterocycles. The standard InChI is InChI=1S/C59H35NO/c1-2-14-37-33-38(26-25-36(37)13-1)60(39-27-29-42-41-15-3-4-19-47(41)57-48(50(42)34-39)31-32-56-58(57)49-20-8-12-24-55(49)61-56)40-28-30-46-45-18-7-11-23-53(45)59(54(46)35-40)51-21-9-5-16-43(51)44-17-6-10-22-52(44)59/h1-35H. The van der Waals surface area contributed by atoms with Gasteiger partial charge < -0.3 is 9.32 Å². The fraction of sp³-hybridized carbons (Fsp3) is 0.0169. The van der Waals surface area contributed by atoms with Gasteiger partial charge in [-0.1, -0.05) is 158 Å². The van der Waals surface area contributed by atoms with E-state index in [1.807, 2.05) is 0 Å². The number of para-hydroxylation sites is 1. The fourth-order valence-electron chi connectivity index (χ4n) is 11.4. The molecule has 2 aliphatic carbocycles. The van der Waals surface area contributed by atoms with E-state index in [4.69, 9.17) is 4.42 Å². The summed E-state index contributed by atoms with van der Waals surface area (Å²) in [5.74, 6) is 0.